The minimum Gasteiger partial charge on any atom is -0.361 e. The zero-order chi connectivity index (χ0) is 17.9. The lowest BCUT2D eigenvalue weighted by molar-refractivity contribution is -0.122. The summed E-state index contributed by atoms with van der Waals surface area (Å²) < 4.78 is 0. The van der Waals surface area contributed by atoms with E-state index in [4.69, 9.17) is 11.6 Å². The number of benzene rings is 2. The average Bonchev–Trinajstić information content (AvgIpc) is 3.30. The van der Waals surface area contributed by atoms with Crippen LogP contribution in [0.3, 0.4) is 0 Å². The van der Waals surface area contributed by atoms with Crippen molar-refractivity contribution in [1.82, 2.24) is 21.2 Å². The smallest absolute Gasteiger partial charge is 0.238 e. The number of nitrogens with one attached hydrogen (secondary N) is 4. The van der Waals surface area contributed by atoms with E-state index in [0.29, 0.717) is 18.0 Å². The van der Waals surface area contributed by atoms with Gasteiger partial charge in [-0.25, -0.2) is 10.9 Å². The molecule has 0 saturated carbocycles. The monoisotopic (exact) mass is 368 g/mol. The summed E-state index contributed by atoms with van der Waals surface area (Å²) in [5.74, 6) is 0.0220. The van der Waals surface area contributed by atoms with Gasteiger partial charge in [-0.1, -0.05) is 41.9 Å². The molecule has 1 saturated heterocycles. The summed E-state index contributed by atoms with van der Waals surface area (Å²) >= 11 is 5.93. The van der Waals surface area contributed by atoms with Gasteiger partial charge in [-0.2, -0.15) is 0 Å². The topological polar surface area (TPSA) is 69.0 Å². The predicted octanol–water partition coefficient (Wildman–Crippen LogP) is 3.09. The Morgan fingerprint density at radius 3 is 2.77 bits per heavy atom. The first-order valence-corrected chi connectivity index (χ1v) is 9.18. The highest BCUT2D eigenvalue weighted by Gasteiger charge is 2.29. The fourth-order valence-electron chi connectivity index (χ4n) is 3.42. The van der Waals surface area contributed by atoms with Crippen LogP contribution in [0.25, 0.3) is 10.9 Å². The van der Waals surface area contributed by atoms with E-state index >= 15 is 0 Å². The van der Waals surface area contributed by atoms with Crippen molar-refractivity contribution in [3.63, 3.8) is 0 Å². The van der Waals surface area contributed by atoms with E-state index in [9.17, 15) is 4.79 Å². The number of para-hydroxylation sites is 1. The maximum Gasteiger partial charge on any atom is 0.238 e. The molecule has 0 aliphatic carbocycles. The lowest BCUT2D eigenvalue weighted by atomic mass is 10.0. The summed E-state index contributed by atoms with van der Waals surface area (Å²) in [4.78, 5) is 15.7. The van der Waals surface area contributed by atoms with E-state index in [1.165, 1.54) is 10.9 Å². The molecule has 2 aromatic carbocycles. The number of hydrogen-bond acceptors (Lipinski definition) is 3. The summed E-state index contributed by atoms with van der Waals surface area (Å²) in [6, 6.07) is 15.8. The largest absolute Gasteiger partial charge is 0.361 e. The molecule has 4 N–H and O–H groups in total. The molecule has 1 aliphatic heterocycles. The van der Waals surface area contributed by atoms with Crippen LogP contribution < -0.4 is 16.2 Å². The maximum absolute atomic E-state index is 12.4. The second-order valence-electron chi connectivity index (χ2n) is 6.58. The van der Waals surface area contributed by atoms with Crippen LogP contribution in [0.4, 0.5) is 0 Å². The molecule has 1 aromatic heterocycles. The molecule has 2 unspecified atom stereocenters. The van der Waals surface area contributed by atoms with Crippen LogP contribution in [0.2, 0.25) is 5.02 Å². The van der Waals surface area contributed by atoms with Gasteiger partial charge in [0.1, 0.15) is 6.04 Å². The number of H-pyrrole nitrogens is 1. The first-order valence-electron chi connectivity index (χ1n) is 8.80. The number of fused-ring (bicyclic) bond motifs is 1. The van der Waals surface area contributed by atoms with Gasteiger partial charge in [0.05, 0.1) is 0 Å². The molecule has 0 spiro atoms. The van der Waals surface area contributed by atoms with E-state index < -0.39 is 0 Å². The minimum absolute atomic E-state index is 0.0220. The molecule has 0 radical (unpaired) electrons. The second kappa shape index (κ2) is 7.50. The van der Waals surface area contributed by atoms with Gasteiger partial charge in [0, 0.05) is 34.7 Å². The Kier molecular flexibility index (Phi) is 4.93. The van der Waals surface area contributed by atoms with Crippen LogP contribution in [0.15, 0.2) is 54.7 Å². The van der Waals surface area contributed by atoms with Crippen molar-refractivity contribution in [2.75, 3.05) is 6.54 Å². The minimum atomic E-state index is -0.237. The van der Waals surface area contributed by atoms with E-state index in [-0.39, 0.29) is 18.0 Å². The zero-order valence-electron chi connectivity index (χ0n) is 14.3. The average molecular weight is 369 g/mol. The number of amides is 1. The quantitative estimate of drug-likeness (QED) is 0.559. The molecule has 134 valence electrons. The van der Waals surface area contributed by atoms with E-state index in [2.05, 4.69) is 33.3 Å². The summed E-state index contributed by atoms with van der Waals surface area (Å²) in [5.41, 5.74) is 9.75. The van der Waals surface area contributed by atoms with Crippen molar-refractivity contribution in [1.29, 1.82) is 0 Å². The standard InChI is InChI=1S/C20H21ClN4O/c21-15-7-5-13(6-8-15)18-11-19(25-24-18)20(26)22-10-9-14-12-23-17-4-2-1-3-16(14)17/h1-8,12,18-19,23-25H,9-11H2,(H,22,26). The highest BCUT2D eigenvalue weighted by molar-refractivity contribution is 6.30. The van der Waals surface area contributed by atoms with Gasteiger partial charge >= 0.3 is 0 Å². The summed E-state index contributed by atoms with van der Waals surface area (Å²) in [5, 5.41) is 4.96. The Morgan fingerprint density at radius 1 is 1.12 bits per heavy atom. The lowest BCUT2D eigenvalue weighted by Crippen LogP contribution is -2.43. The molecule has 5 nitrogen and oxygen atoms in total. The van der Waals surface area contributed by atoms with E-state index in [1.807, 2.05) is 42.6 Å². The maximum atomic E-state index is 12.4. The molecule has 0 bridgehead atoms. The van der Waals surface area contributed by atoms with E-state index in [0.717, 1.165) is 17.5 Å². The molecule has 1 amide bonds. The number of hydrazine groups is 1. The van der Waals surface area contributed by atoms with Gasteiger partial charge in [0.25, 0.3) is 0 Å². The van der Waals surface area contributed by atoms with Crippen LogP contribution in [0.5, 0.6) is 0 Å². The molecule has 2 atom stereocenters. The molecule has 1 fully saturated rings. The third-order valence-electron chi connectivity index (χ3n) is 4.86. The van der Waals surface area contributed by atoms with Gasteiger partial charge in [-0.3, -0.25) is 4.79 Å². The van der Waals surface area contributed by atoms with Gasteiger partial charge in [0.2, 0.25) is 5.91 Å². The Labute approximate surface area is 157 Å². The van der Waals surface area contributed by atoms with Crippen LogP contribution in [-0.4, -0.2) is 23.5 Å². The van der Waals surface area contributed by atoms with Gasteiger partial charge in [-0.15, -0.1) is 0 Å². The van der Waals surface area contributed by atoms with Gasteiger partial charge in [0.15, 0.2) is 0 Å². The first kappa shape index (κ1) is 17.1. The normalized spacial score (nSPS) is 19.7. The Hall–Kier alpha value is -2.34. The van der Waals surface area contributed by atoms with Crippen molar-refractivity contribution in [2.45, 2.75) is 24.9 Å². The molecule has 26 heavy (non-hydrogen) atoms. The highest BCUT2D eigenvalue weighted by atomic mass is 35.5. The highest BCUT2D eigenvalue weighted by Crippen LogP contribution is 2.23. The number of aromatic amines is 1. The molecule has 3 aromatic rings. The Bertz CT molecular complexity index is 906. The number of halogens is 1. The number of carbonyl (C=O) groups excluding carboxylic acids is 1. The summed E-state index contributed by atoms with van der Waals surface area (Å²) in [7, 11) is 0. The molecule has 4 rings (SSSR count). The molecule has 1 aliphatic rings. The van der Waals surface area contributed by atoms with Crippen molar-refractivity contribution >= 4 is 28.4 Å². The SMILES string of the molecule is O=C(NCCc1c[nH]c2ccccc12)C1CC(c2ccc(Cl)cc2)NN1. The Morgan fingerprint density at radius 2 is 1.92 bits per heavy atom. The van der Waals surface area contributed by atoms with Crippen LogP contribution >= 0.6 is 11.6 Å². The number of hydrogen-bond donors (Lipinski definition) is 4. The fourth-order valence-corrected chi connectivity index (χ4v) is 3.55. The van der Waals surface area contributed by atoms with Crippen LogP contribution in [-0.2, 0) is 11.2 Å². The molecular weight excluding hydrogens is 348 g/mol. The predicted molar refractivity (Wildman–Crippen MR) is 104 cm³/mol. The van der Waals surface area contributed by atoms with E-state index in [1.54, 1.807) is 0 Å². The number of carbonyl (C=O) groups is 1. The second-order valence-corrected chi connectivity index (χ2v) is 7.02. The Balaban J connectivity index is 1.29. The number of aromatic nitrogens is 1. The zero-order valence-corrected chi connectivity index (χ0v) is 15.0. The first-order chi connectivity index (χ1) is 12.7. The van der Waals surface area contributed by atoms with Crippen LogP contribution in [0.1, 0.15) is 23.6 Å². The molecule has 2 heterocycles. The third kappa shape index (κ3) is 3.60. The molecule has 6 heteroatoms. The summed E-state index contributed by atoms with van der Waals surface area (Å²) in [6.07, 6.45) is 3.53. The van der Waals surface area contributed by atoms with Crippen molar-refractivity contribution in [3.05, 3.63) is 70.9 Å². The van der Waals surface area contributed by atoms with Crippen molar-refractivity contribution in [2.24, 2.45) is 0 Å². The number of rotatable bonds is 5. The van der Waals surface area contributed by atoms with Gasteiger partial charge < -0.3 is 10.3 Å². The van der Waals surface area contributed by atoms with Crippen molar-refractivity contribution in [3.8, 4) is 0 Å². The fraction of sp³-hybridized carbons (Fsp3) is 0.250. The summed E-state index contributed by atoms with van der Waals surface area (Å²) in [6.45, 7) is 0.616. The lowest BCUT2D eigenvalue weighted by Gasteiger charge is -2.11. The van der Waals surface area contributed by atoms with Crippen molar-refractivity contribution < 1.29 is 4.79 Å². The third-order valence-corrected chi connectivity index (χ3v) is 5.11. The van der Waals surface area contributed by atoms with Crippen LogP contribution in [0, 0.1) is 0 Å². The van der Waals surface area contributed by atoms with Gasteiger partial charge in [-0.05, 0) is 42.2 Å². The molecular formula is C20H21ClN4O.